The van der Waals surface area contributed by atoms with Crippen LogP contribution in [0.3, 0.4) is 0 Å². The minimum absolute atomic E-state index is 0.0347. The molecule has 0 heterocycles. The molecule has 0 spiro atoms. The average molecular weight is 489 g/mol. The number of anilines is 2. The predicted octanol–water partition coefficient (Wildman–Crippen LogP) is 4.81. The van der Waals surface area contributed by atoms with Gasteiger partial charge in [-0.1, -0.05) is 23.7 Å². The summed E-state index contributed by atoms with van der Waals surface area (Å²) in [5.74, 6) is 0.222. The Labute approximate surface area is 198 Å². The van der Waals surface area contributed by atoms with E-state index in [-0.39, 0.29) is 10.6 Å². The summed E-state index contributed by atoms with van der Waals surface area (Å²) in [6.45, 7) is 3.09. The first kappa shape index (κ1) is 24.4. The van der Waals surface area contributed by atoms with Crippen molar-refractivity contribution in [2.75, 3.05) is 30.4 Å². The third kappa shape index (κ3) is 5.40. The molecule has 33 heavy (non-hydrogen) atoms. The van der Waals surface area contributed by atoms with E-state index in [1.807, 2.05) is 0 Å². The summed E-state index contributed by atoms with van der Waals surface area (Å²) >= 11 is 6.14. The summed E-state index contributed by atoms with van der Waals surface area (Å²) in [4.78, 5) is 12.9. The lowest BCUT2D eigenvalue weighted by Crippen LogP contribution is -2.38. The van der Waals surface area contributed by atoms with Gasteiger partial charge in [-0.25, -0.2) is 8.42 Å². The normalized spacial score (nSPS) is 11.1. The highest BCUT2D eigenvalue weighted by atomic mass is 35.5. The molecule has 0 unspecified atom stereocenters. The first-order chi connectivity index (χ1) is 15.7. The summed E-state index contributed by atoms with van der Waals surface area (Å²) in [6, 6.07) is 16.4. The van der Waals surface area contributed by atoms with Gasteiger partial charge in [-0.3, -0.25) is 9.10 Å². The Morgan fingerprint density at radius 2 is 1.70 bits per heavy atom. The largest absolute Gasteiger partial charge is 0.497 e. The molecule has 1 amide bonds. The Hall–Kier alpha value is -3.23. The van der Waals surface area contributed by atoms with Crippen molar-refractivity contribution in [2.45, 2.75) is 18.7 Å². The van der Waals surface area contributed by atoms with Crippen molar-refractivity contribution >= 4 is 38.9 Å². The molecular weight excluding hydrogens is 464 g/mol. The number of ether oxygens (including phenoxy) is 2. The third-order valence-corrected chi connectivity index (χ3v) is 7.28. The lowest BCUT2D eigenvalue weighted by molar-refractivity contribution is -0.114. The van der Waals surface area contributed by atoms with Crippen LogP contribution in [0.5, 0.6) is 11.5 Å². The van der Waals surface area contributed by atoms with Crippen LogP contribution in [0.1, 0.15) is 11.1 Å². The molecule has 3 aromatic rings. The van der Waals surface area contributed by atoms with Gasteiger partial charge in [0.05, 0.1) is 19.9 Å². The Morgan fingerprint density at radius 3 is 2.33 bits per heavy atom. The number of aryl methyl sites for hydroxylation is 1. The monoisotopic (exact) mass is 488 g/mol. The molecule has 9 heteroatoms. The first-order valence-electron chi connectivity index (χ1n) is 10.0. The molecule has 0 aromatic heterocycles. The highest BCUT2D eigenvalue weighted by Crippen LogP contribution is 2.32. The topological polar surface area (TPSA) is 84.9 Å². The van der Waals surface area contributed by atoms with Crippen LogP contribution in [0.25, 0.3) is 0 Å². The second-order valence-corrected chi connectivity index (χ2v) is 9.56. The maximum Gasteiger partial charge on any atom is 0.268 e. The highest BCUT2D eigenvalue weighted by molar-refractivity contribution is 7.93. The van der Waals surface area contributed by atoms with E-state index in [0.717, 1.165) is 9.87 Å². The second kappa shape index (κ2) is 10.1. The molecule has 0 atom stereocenters. The molecule has 0 aliphatic heterocycles. The molecule has 0 saturated carbocycles. The van der Waals surface area contributed by atoms with Gasteiger partial charge in [0.2, 0.25) is 5.91 Å². The highest BCUT2D eigenvalue weighted by Gasteiger charge is 2.30. The minimum Gasteiger partial charge on any atom is -0.497 e. The van der Waals surface area contributed by atoms with Crippen molar-refractivity contribution in [1.82, 2.24) is 0 Å². The van der Waals surface area contributed by atoms with Crippen molar-refractivity contribution in [3.8, 4) is 11.5 Å². The zero-order chi connectivity index (χ0) is 24.2. The summed E-state index contributed by atoms with van der Waals surface area (Å²) in [7, 11) is -1.25. The van der Waals surface area contributed by atoms with Gasteiger partial charge in [-0.05, 0) is 73.5 Å². The van der Waals surface area contributed by atoms with Gasteiger partial charge in [-0.15, -0.1) is 0 Å². The number of nitrogens with one attached hydrogen (secondary N) is 1. The Kier molecular flexibility index (Phi) is 7.50. The number of hydrogen-bond donors (Lipinski definition) is 1. The van der Waals surface area contributed by atoms with E-state index < -0.39 is 22.5 Å². The standard InChI is InChI=1S/C24H25ClN2O5S/c1-16-8-13-22(32-4)23(14-16)33(29,30)27(18-9-11-19(31-3)12-10-18)15-24(28)26-21-7-5-6-20(25)17(21)2/h5-14H,15H2,1-4H3,(H,26,28). The van der Waals surface area contributed by atoms with Crippen molar-refractivity contribution in [2.24, 2.45) is 0 Å². The first-order valence-corrected chi connectivity index (χ1v) is 11.9. The van der Waals surface area contributed by atoms with Gasteiger partial charge in [0, 0.05) is 10.7 Å². The van der Waals surface area contributed by atoms with E-state index in [1.54, 1.807) is 68.4 Å². The summed E-state index contributed by atoms with van der Waals surface area (Å²) in [5, 5.41) is 3.25. The van der Waals surface area contributed by atoms with Crippen molar-refractivity contribution in [3.05, 3.63) is 76.8 Å². The molecule has 7 nitrogen and oxygen atoms in total. The molecule has 3 rings (SSSR count). The predicted molar refractivity (Wildman–Crippen MR) is 130 cm³/mol. The van der Waals surface area contributed by atoms with E-state index in [9.17, 15) is 13.2 Å². The number of nitrogens with zero attached hydrogens (tertiary/aromatic N) is 1. The fourth-order valence-corrected chi connectivity index (χ4v) is 5.07. The van der Waals surface area contributed by atoms with E-state index in [1.165, 1.54) is 20.3 Å². The number of sulfonamides is 1. The van der Waals surface area contributed by atoms with Crippen LogP contribution in [0.15, 0.2) is 65.6 Å². The van der Waals surface area contributed by atoms with E-state index in [2.05, 4.69) is 5.32 Å². The fraction of sp³-hybridized carbons (Fsp3) is 0.208. The molecule has 0 radical (unpaired) electrons. The van der Waals surface area contributed by atoms with Gasteiger partial charge in [0.1, 0.15) is 22.9 Å². The van der Waals surface area contributed by atoms with E-state index >= 15 is 0 Å². The van der Waals surface area contributed by atoms with Gasteiger partial charge in [0.25, 0.3) is 10.0 Å². The SMILES string of the molecule is COc1ccc(N(CC(=O)Nc2cccc(Cl)c2C)S(=O)(=O)c2cc(C)ccc2OC)cc1. The minimum atomic E-state index is -4.16. The maximum atomic E-state index is 13.7. The van der Waals surface area contributed by atoms with Crippen LogP contribution in [0.4, 0.5) is 11.4 Å². The lowest BCUT2D eigenvalue weighted by Gasteiger charge is -2.25. The van der Waals surface area contributed by atoms with Crippen molar-refractivity contribution < 1.29 is 22.7 Å². The maximum absolute atomic E-state index is 13.7. The third-order valence-electron chi connectivity index (χ3n) is 5.08. The van der Waals surface area contributed by atoms with Gasteiger partial charge < -0.3 is 14.8 Å². The number of rotatable bonds is 8. The number of carbonyl (C=O) groups is 1. The smallest absolute Gasteiger partial charge is 0.268 e. The van der Waals surface area contributed by atoms with Crippen LogP contribution in [-0.4, -0.2) is 35.1 Å². The van der Waals surface area contributed by atoms with Crippen LogP contribution >= 0.6 is 11.6 Å². The number of methoxy groups -OCH3 is 2. The summed E-state index contributed by atoms with van der Waals surface area (Å²) in [5.41, 5.74) is 2.24. The molecule has 3 aromatic carbocycles. The van der Waals surface area contributed by atoms with E-state index in [0.29, 0.717) is 27.7 Å². The van der Waals surface area contributed by atoms with Crippen LogP contribution in [-0.2, 0) is 14.8 Å². The summed E-state index contributed by atoms with van der Waals surface area (Å²) < 4.78 is 39.0. The molecule has 0 aliphatic carbocycles. The number of hydrogen-bond acceptors (Lipinski definition) is 5. The van der Waals surface area contributed by atoms with E-state index in [4.69, 9.17) is 21.1 Å². The molecule has 0 aliphatic rings. The number of carbonyl (C=O) groups excluding carboxylic acids is 1. The molecule has 0 fully saturated rings. The number of benzene rings is 3. The van der Waals surface area contributed by atoms with Gasteiger partial charge in [0.15, 0.2) is 0 Å². The Balaban J connectivity index is 2.03. The Bertz CT molecular complexity index is 1260. The molecule has 0 saturated heterocycles. The fourth-order valence-electron chi connectivity index (χ4n) is 3.23. The zero-order valence-corrected chi connectivity index (χ0v) is 20.3. The number of amides is 1. The number of halogens is 1. The molecule has 0 bridgehead atoms. The van der Waals surface area contributed by atoms with Crippen LogP contribution in [0, 0.1) is 13.8 Å². The quantitative estimate of drug-likeness (QED) is 0.492. The average Bonchev–Trinajstić information content (AvgIpc) is 2.80. The van der Waals surface area contributed by atoms with Crippen LogP contribution < -0.4 is 19.1 Å². The Morgan fingerprint density at radius 1 is 1.00 bits per heavy atom. The lowest BCUT2D eigenvalue weighted by atomic mass is 10.2. The second-order valence-electron chi connectivity index (χ2n) is 7.32. The molecular formula is C24H25ClN2O5S. The summed E-state index contributed by atoms with van der Waals surface area (Å²) in [6.07, 6.45) is 0. The van der Waals surface area contributed by atoms with Crippen molar-refractivity contribution in [1.29, 1.82) is 0 Å². The zero-order valence-electron chi connectivity index (χ0n) is 18.8. The molecule has 1 N–H and O–H groups in total. The van der Waals surface area contributed by atoms with Gasteiger partial charge in [-0.2, -0.15) is 0 Å². The molecule has 174 valence electrons. The van der Waals surface area contributed by atoms with Gasteiger partial charge >= 0.3 is 0 Å². The van der Waals surface area contributed by atoms with Crippen LogP contribution in [0.2, 0.25) is 5.02 Å². The van der Waals surface area contributed by atoms with Crippen molar-refractivity contribution in [3.63, 3.8) is 0 Å².